The van der Waals surface area contributed by atoms with Crippen molar-refractivity contribution in [2.24, 2.45) is 0 Å². The second-order valence-corrected chi connectivity index (χ2v) is 5.61. The van der Waals surface area contributed by atoms with E-state index in [1.165, 1.54) is 27.0 Å². The van der Waals surface area contributed by atoms with Crippen molar-refractivity contribution < 1.29 is 27.3 Å². The zero-order valence-corrected chi connectivity index (χ0v) is 15.1. The molecule has 0 bridgehead atoms. The Morgan fingerprint density at radius 2 is 1.90 bits per heavy atom. The smallest absolute Gasteiger partial charge is 0.294 e. The van der Waals surface area contributed by atoms with Crippen molar-refractivity contribution >= 4 is 57.1 Å². The molecule has 9 heteroatoms. The first-order valence-corrected chi connectivity index (χ1v) is 7.04. The fraction of sp³-hybridized carbons (Fsp3) is 0.333. The number of carbonyl (C=O) groups is 2. The van der Waals surface area contributed by atoms with Gasteiger partial charge in [0.1, 0.15) is 16.4 Å². The largest absolute Gasteiger partial charge is 0.495 e. The van der Waals surface area contributed by atoms with E-state index in [1.807, 2.05) is 0 Å². The monoisotopic (exact) mass is 324 g/mol. The molecule has 0 aliphatic rings. The van der Waals surface area contributed by atoms with E-state index >= 15 is 0 Å². The number of ketones is 1. The molecule has 0 unspecified atom stereocenters. The molecule has 1 amide bonds. The number of ether oxygens (including phenoxy) is 1. The van der Waals surface area contributed by atoms with E-state index in [1.54, 1.807) is 0 Å². The number of hydrogen-bond acceptors (Lipinski definition) is 5. The molecule has 0 atom stereocenters. The maximum absolute atomic E-state index is 11.5. The van der Waals surface area contributed by atoms with Gasteiger partial charge in [-0.3, -0.25) is 14.1 Å². The van der Waals surface area contributed by atoms with Crippen LogP contribution in [0.4, 0.5) is 5.69 Å². The van der Waals surface area contributed by atoms with E-state index in [4.69, 9.17) is 9.29 Å². The number of aryl methyl sites for hydroxylation is 1. The number of carbonyl (C=O) groups excluding carboxylic acids is 2. The van der Waals surface area contributed by atoms with Gasteiger partial charge in [-0.1, -0.05) is 0 Å². The van der Waals surface area contributed by atoms with Crippen LogP contribution in [0.15, 0.2) is 17.0 Å². The molecule has 2 N–H and O–H groups in total. The van der Waals surface area contributed by atoms with Crippen LogP contribution in [0.2, 0.25) is 0 Å². The predicted molar refractivity (Wildman–Crippen MR) is 77.2 cm³/mol. The Kier molecular flexibility index (Phi) is 7.55. The summed E-state index contributed by atoms with van der Waals surface area (Å²) in [6.45, 7) is 2.74. The Morgan fingerprint density at radius 1 is 1.33 bits per heavy atom. The van der Waals surface area contributed by atoms with Crippen LogP contribution >= 0.6 is 0 Å². The van der Waals surface area contributed by atoms with Gasteiger partial charge in [-0.25, -0.2) is 0 Å². The van der Waals surface area contributed by atoms with Gasteiger partial charge in [0.2, 0.25) is 5.91 Å². The Bertz CT molecular complexity index is 656. The van der Waals surface area contributed by atoms with Crippen LogP contribution in [-0.4, -0.2) is 61.3 Å². The molecule has 0 heterocycles. The summed E-state index contributed by atoms with van der Waals surface area (Å²) in [4.78, 5) is 22.1. The first-order chi connectivity index (χ1) is 9.15. The third-order valence-corrected chi connectivity index (χ3v) is 3.45. The van der Waals surface area contributed by atoms with Gasteiger partial charge in [-0.15, -0.1) is 0 Å². The SMILES string of the molecule is COc1cc(S(=O)(=O)O)c(C)cc1NC(=O)CC(C)=O.[Na]. The standard InChI is InChI=1S/C12H15NO6S.Na/c1-7-4-9(13-12(15)5-8(2)14)10(19-3)6-11(7)20(16,17)18;/h4,6H,5H2,1-3H3,(H,13,15)(H,16,17,18);. The van der Waals surface area contributed by atoms with Crippen molar-refractivity contribution in [1.82, 2.24) is 0 Å². The minimum Gasteiger partial charge on any atom is -0.495 e. The van der Waals surface area contributed by atoms with E-state index in [0.29, 0.717) is 0 Å². The number of rotatable bonds is 5. The molecule has 0 fully saturated rings. The second kappa shape index (κ2) is 7.90. The number of Topliss-reactive ketones (excluding diaryl/α,β-unsaturated/α-hetero) is 1. The predicted octanol–water partition coefficient (Wildman–Crippen LogP) is 0.787. The maximum Gasteiger partial charge on any atom is 0.294 e. The van der Waals surface area contributed by atoms with Crippen molar-refractivity contribution in [1.29, 1.82) is 0 Å². The summed E-state index contributed by atoms with van der Waals surface area (Å²) >= 11 is 0. The van der Waals surface area contributed by atoms with Crippen LogP contribution in [0.3, 0.4) is 0 Å². The summed E-state index contributed by atoms with van der Waals surface area (Å²) in [5.41, 5.74) is 0.468. The Hall–Kier alpha value is -0.930. The number of hydrogen-bond donors (Lipinski definition) is 2. The molecule has 111 valence electrons. The summed E-state index contributed by atoms with van der Waals surface area (Å²) in [5.74, 6) is -0.761. The quantitative estimate of drug-likeness (QED) is 0.471. The topological polar surface area (TPSA) is 110 Å². The van der Waals surface area contributed by atoms with Gasteiger partial charge >= 0.3 is 0 Å². The Balaban J connectivity index is 0.00000400. The fourth-order valence-electron chi connectivity index (χ4n) is 1.63. The normalized spacial score (nSPS) is 10.5. The minimum atomic E-state index is -4.38. The molecule has 1 aromatic carbocycles. The van der Waals surface area contributed by atoms with Crippen LogP contribution in [0.1, 0.15) is 18.9 Å². The summed E-state index contributed by atoms with van der Waals surface area (Å²) in [7, 11) is -3.09. The molecule has 1 rings (SSSR count). The summed E-state index contributed by atoms with van der Waals surface area (Å²) in [5, 5.41) is 2.45. The molecule has 7 nitrogen and oxygen atoms in total. The number of benzene rings is 1. The van der Waals surface area contributed by atoms with Gasteiger partial charge in [-0.2, -0.15) is 8.42 Å². The molecule has 1 aromatic rings. The van der Waals surface area contributed by atoms with Crippen LogP contribution < -0.4 is 10.1 Å². The number of methoxy groups -OCH3 is 1. The van der Waals surface area contributed by atoms with Crippen molar-refractivity contribution in [3.05, 3.63) is 17.7 Å². The third-order valence-electron chi connectivity index (χ3n) is 2.46. The van der Waals surface area contributed by atoms with Crippen molar-refractivity contribution in [3.63, 3.8) is 0 Å². The van der Waals surface area contributed by atoms with E-state index in [0.717, 1.165) is 6.07 Å². The molecule has 0 aromatic heterocycles. The average molecular weight is 324 g/mol. The van der Waals surface area contributed by atoms with Gasteiger partial charge in [0.05, 0.1) is 19.2 Å². The molecular weight excluding hydrogens is 309 g/mol. The van der Waals surface area contributed by atoms with Crippen molar-refractivity contribution in [2.45, 2.75) is 25.2 Å². The van der Waals surface area contributed by atoms with Crippen LogP contribution in [0, 0.1) is 6.92 Å². The van der Waals surface area contributed by atoms with Crippen LogP contribution in [0.5, 0.6) is 5.75 Å². The molecule has 21 heavy (non-hydrogen) atoms. The molecule has 0 saturated carbocycles. The molecule has 0 aliphatic heterocycles. The third kappa shape index (κ3) is 5.76. The minimum absolute atomic E-state index is 0. The van der Waals surface area contributed by atoms with E-state index in [2.05, 4.69) is 5.32 Å². The fourth-order valence-corrected chi connectivity index (χ4v) is 2.36. The molecule has 0 spiro atoms. The zero-order valence-electron chi connectivity index (χ0n) is 12.3. The van der Waals surface area contributed by atoms with E-state index in [-0.39, 0.29) is 63.7 Å². The average Bonchev–Trinajstić information content (AvgIpc) is 2.26. The van der Waals surface area contributed by atoms with Gasteiger partial charge < -0.3 is 10.1 Å². The molecule has 1 radical (unpaired) electrons. The van der Waals surface area contributed by atoms with Crippen molar-refractivity contribution in [2.75, 3.05) is 12.4 Å². The summed E-state index contributed by atoms with van der Waals surface area (Å²) in [6.07, 6.45) is -0.289. The summed E-state index contributed by atoms with van der Waals surface area (Å²) in [6, 6.07) is 2.45. The van der Waals surface area contributed by atoms with Crippen molar-refractivity contribution in [3.8, 4) is 5.75 Å². The zero-order chi connectivity index (χ0) is 15.5. The van der Waals surface area contributed by atoms with Gasteiger partial charge in [0.25, 0.3) is 10.1 Å². The van der Waals surface area contributed by atoms with E-state index < -0.39 is 16.0 Å². The number of amides is 1. The number of anilines is 1. The maximum atomic E-state index is 11.5. The Morgan fingerprint density at radius 3 is 2.33 bits per heavy atom. The second-order valence-electron chi connectivity index (χ2n) is 4.22. The summed E-state index contributed by atoms with van der Waals surface area (Å²) < 4.78 is 36.4. The Labute approximate surface area is 145 Å². The first kappa shape index (κ1) is 20.1. The van der Waals surface area contributed by atoms with Crippen LogP contribution in [0.25, 0.3) is 0 Å². The number of nitrogens with one attached hydrogen (secondary N) is 1. The molecular formula is C12H15NNaO6S. The molecule has 0 saturated heterocycles. The molecule has 0 aliphatic carbocycles. The van der Waals surface area contributed by atoms with Crippen LogP contribution in [-0.2, 0) is 19.7 Å². The van der Waals surface area contributed by atoms with Gasteiger partial charge in [0.15, 0.2) is 0 Å². The first-order valence-electron chi connectivity index (χ1n) is 5.60. The van der Waals surface area contributed by atoms with Gasteiger partial charge in [-0.05, 0) is 25.5 Å². The van der Waals surface area contributed by atoms with Gasteiger partial charge in [0, 0.05) is 35.6 Å². The van der Waals surface area contributed by atoms with E-state index in [9.17, 15) is 18.0 Å².